The zero-order chi connectivity index (χ0) is 13.7. The third-order valence-corrected chi connectivity index (χ3v) is 2.59. The van der Waals surface area contributed by atoms with Crippen LogP contribution in [-0.4, -0.2) is 5.91 Å². The molecule has 0 aliphatic heterocycles. The van der Waals surface area contributed by atoms with E-state index in [2.05, 4.69) is 5.32 Å². The van der Waals surface area contributed by atoms with Crippen molar-refractivity contribution in [2.75, 3.05) is 5.32 Å². The minimum atomic E-state index is -0.451. The summed E-state index contributed by atoms with van der Waals surface area (Å²) in [7, 11) is 0. The summed E-state index contributed by atoms with van der Waals surface area (Å²) in [6.07, 6.45) is 2.90. The molecular formula is C15H12N2O2. The lowest BCUT2D eigenvalue weighted by Gasteiger charge is -2.06. The van der Waals surface area contributed by atoms with Crippen LogP contribution in [0.3, 0.4) is 0 Å². The van der Waals surface area contributed by atoms with E-state index < -0.39 is 5.91 Å². The molecule has 2 rings (SSSR count). The number of rotatable bonds is 3. The highest BCUT2D eigenvalue weighted by atomic mass is 16.3. The van der Waals surface area contributed by atoms with Crippen molar-refractivity contribution in [3.05, 3.63) is 59.6 Å². The van der Waals surface area contributed by atoms with E-state index in [9.17, 15) is 4.79 Å². The maximum Gasteiger partial charge on any atom is 0.266 e. The SMILES string of the molecule is Cc1ccccc1NC(=O)/C(C#N)=C\c1ccco1. The third kappa shape index (κ3) is 3.11. The van der Waals surface area contributed by atoms with Crippen LogP contribution in [0.15, 0.2) is 52.7 Å². The normalized spacial score (nSPS) is 10.8. The minimum absolute atomic E-state index is 0.00166. The number of aryl methyl sites for hydroxylation is 1. The first-order valence-electron chi connectivity index (χ1n) is 5.73. The molecule has 1 heterocycles. The number of nitrogens with zero attached hydrogens (tertiary/aromatic N) is 1. The average Bonchev–Trinajstić information content (AvgIpc) is 2.91. The van der Waals surface area contributed by atoms with E-state index in [1.54, 1.807) is 18.2 Å². The first kappa shape index (κ1) is 12.7. The number of hydrogen-bond donors (Lipinski definition) is 1. The Morgan fingerprint density at radius 3 is 2.74 bits per heavy atom. The number of nitrogens with one attached hydrogen (secondary N) is 1. The second-order valence-electron chi connectivity index (χ2n) is 3.95. The van der Waals surface area contributed by atoms with Gasteiger partial charge in [-0.2, -0.15) is 5.26 Å². The summed E-state index contributed by atoms with van der Waals surface area (Å²) in [6, 6.07) is 12.6. The van der Waals surface area contributed by atoms with Crippen molar-refractivity contribution < 1.29 is 9.21 Å². The topological polar surface area (TPSA) is 66.0 Å². The predicted molar refractivity (Wildman–Crippen MR) is 72.1 cm³/mol. The largest absolute Gasteiger partial charge is 0.465 e. The molecule has 94 valence electrons. The second-order valence-corrected chi connectivity index (χ2v) is 3.95. The van der Waals surface area contributed by atoms with Gasteiger partial charge in [-0.05, 0) is 30.7 Å². The first-order valence-corrected chi connectivity index (χ1v) is 5.73. The van der Waals surface area contributed by atoms with Gasteiger partial charge in [0.2, 0.25) is 0 Å². The van der Waals surface area contributed by atoms with Crippen LogP contribution in [0.4, 0.5) is 5.69 Å². The van der Waals surface area contributed by atoms with Crippen LogP contribution < -0.4 is 5.32 Å². The Labute approximate surface area is 111 Å². The molecule has 1 N–H and O–H groups in total. The Morgan fingerprint density at radius 2 is 2.11 bits per heavy atom. The standard InChI is InChI=1S/C15H12N2O2/c1-11-5-2-3-7-14(11)17-15(18)12(10-16)9-13-6-4-8-19-13/h2-9H,1H3,(H,17,18)/b12-9-. The van der Waals surface area contributed by atoms with Crippen LogP contribution >= 0.6 is 0 Å². The molecule has 0 bridgehead atoms. The van der Waals surface area contributed by atoms with Crippen LogP contribution in [-0.2, 0) is 4.79 Å². The van der Waals surface area contributed by atoms with Crippen molar-refractivity contribution >= 4 is 17.7 Å². The van der Waals surface area contributed by atoms with Gasteiger partial charge in [0.1, 0.15) is 17.4 Å². The van der Waals surface area contributed by atoms with E-state index in [4.69, 9.17) is 9.68 Å². The zero-order valence-corrected chi connectivity index (χ0v) is 10.4. The van der Waals surface area contributed by atoms with E-state index in [1.807, 2.05) is 31.2 Å². The summed E-state index contributed by atoms with van der Waals surface area (Å²) in [5.41, 5.74) is 1.62. The van der Waals surface area contributed by atoms with E-state index >= 15 is 0 Å². The van der Waals surface area contributed by atoms with Crippen molar-refractivity contribution in [3.8, 4) is 6.07 Å². The van der Waals surface area contributed by atoms with Crippen molar-refractivity contribution in [3.63, 3.8) is 0 Å². The minimum Gasteiger partial charge on any atom is -0.465 e. The fraction of sp³-hybridized carbons (Fsp3) is 0.0667. The number of carbonyl (C=O) groups excluding carboxylic acids is 1. The highest BCUT2D eigenvalue weighted by molar-refractivity contribution is 6.09. The van der Waals surface area contributed by atoms with Crippen molar-refractivity contribution in [2.45, 2.75) is 6.92 Å². The Hall–Kier alpha value is -2.80. The molecular weight excluding hydrogens is 240 g/mol. The second kappa shape index (κ2) is 5.69. The lowest BCUT2D eigenvalue weighted by atomic mass is 10.2. The number of nitriles is 1. The van der Waals surface area contributed by atoms with E-state index in [-0.39, 0.29) is 5.57 Å². The highest BCUT2D eigenvalue weighted by Crippen LogP contribution is 2.15. The van der Waals surface area contributed by atoms with Crippen molar-refractivity contribution in [2.24, 2.45) is 0 Å². The molecule has 19 heavy (non-hydrogen) atoms. The average molecular weight is 252 g/mol. The number of para-hydroxylation sites is 1. The van der Waals surface area contributed by atoms with Crippen molar-refractivity contribution in [1.82, 2.24) is 0 Å². The molecule has 0 saturated carbocycles. The van der Waals surface area contributed by atoms with E-state index in [0.717, 1.165) is 5.56 Å². The number of hydrogen-bond acceptors (Lipinski definition) is 3. The predicted octanol–water partition coefficient (Wildman–Crippen LogP) is 3.13. The molecule has 0 unspecified atom stereocenters. The molecule has 0 aliphatic rings. The lowest BCUT2D eigenvalue weighted by Crippen LogP contribution is -2.14. The molecule has 1 aromatic heterocycles. The quantitative estimate of drug-likeness (QED) is 0.674. The van der Waals surface area contributed by atoms with Crippen LogP contribution in [0, 0.1) is 18.3 Å². The third-order valence-electron chi connectivity index (χ3n) is 2.59. The molecule has 0 spiro atoms. The molecule has 0 fully saturated rings. The molecule has 2 aromatic rings. The fourth-order valence-electron chi connectivity index (χ4n) is 1.57. The summed E-state index contributed by atoms with van der Waals surface area (Å²) < 4.78 is 5.08. The molecule has 0 radical (unpaired) electrons. The molecule has 0 aliphatic carbocycles. The van der Waals surface area contributed by atoms with Gasteiger partial charge in [-0.1, -0.05) is 18.2 Å². The lowest BCUT2D eigenvalue weighted by molar-refractivity contribution is -0.112. The zero-order valence-electron chi connectivity index (χ0n) is 10.4. The van der Waals surface area contributed by atoms with Gasteiger partial charge in [0.05, 0.1) is 6.26 Å². The number of benzene rings is 1. The molecule has 4 heteroatoms. The maximum atomic E-state index is 12.0. The molecule has 1 amide bonds. The van der Waals surface area contributed by atoms with E-state index in [0.29, 0.717) is 11.4 Å². The van der Waals surface area contributed by atoms with Gasteiger partial charge in [-0.15, -0.1) is 0 Å². The first-order chi connectivity index (χ1) is 9.20. The molecule has 0 atom stereocenters. The monoisotopic (exact) mass is 252 g/mol. The number of carbonyl (C=O) groups is 1. The smallest absolute Gasteiger partial charge is 0.266 e. The molecule has 1 aromatic carbocycles. The highest BCUT2D eigenvalue weighted by Gasteiger charge is 2.11. The summed E-state index contributed by atoms with van der Waals surface area (Å²) in [5, 5.41) is 11.7. The van der Waals surface area contributed by atoms with Gasteiger partial charge < -0.3 is 9.73 Å². The Balaban J connectivity index is 2.19. The fourth-order valence-corrected chi connectivity index (χ4v) is 1.57. The van der Waals surface area contributed by atoms with Gasteiger partial charge in [-0.25, -0.2) is 0 Å². The van der Waals surface area contributed by atoms with Gasteiger partial charge in [0, 0.05) is 11.8 Å². The Kier molecular flexibility index (Phi) is 3.79. The maximum absolute atomic E-state index is 12.0. The molecule has 4 nitrogen and oxygen atoms in total. The van der Waals surface area contributed by atoms with Crippen LogP contribution in [0.25, 0.3) is 6.08 Å². The van der Waals surface area contributed by atoms with Gasteiger partial charge in [-0.3, -0.25) is 4.79 Å². The molecule has 0 saturated heterocycles. The summed E-state index contributed by atoms with van der Waals surface area (Å²) >= 11 is 0. The Morgan fingerprint density at radius 1 is 1.32 bits per heavy atom. The van der Waals surface area contributed by atoms with Gasteiger partial charge in [0.15, 0.2) is 0 Å². The van der Waals surface area contributed by atoms with Crippen molar-refractivity contribution in [1.29, 1.82) is 5.26 Å². The summed E-state index contributed by atoms with van der Waals surface area (Å²) in [5.74, 6) is 0.0182. The van der Waals surface area contributed by atoms with E-state index in [1.165, 1.54) is 12.3 Å². The summed E-state index contributed by atoms with van der Waals surface area (Å²) in [4.78, 5) is 12.0. The van der Waals surface area contributed by atoms with Gasteiger partial charge >= 0.3 is 0 Å². The van der Waals surface area contributed by atoms with Crippen LogP contribution in [0.5, 0.6) is 0 Å². The number of anilines is 1. The van der Waals surface area contributed by atoms with Gasteiger partial charge in [0.25, 0.3) is 5.91 Å². The Bertz CT molecular complexity index is 649. The number of furan rings is 1. The van der Waals surface area contributed by atoms with Crippen LogP contribution in [0.2, 0.25) is 0 Å². The van der Waals surface area contributed by atoms with Crippen LogP contribution in [0.1, 0.15) is 11.3 Å². The summed E-state index contributed by atoms with van der Waals surface area (Å²) in [6.45, 7) is 1.89. The number of amides is 1.